The molecule has 1 fully saturated rings. The molecule has 0 unspecified atom stereocenters. The zero-order valence-corrected chi connectivity index (χ0v) is 16.0. The van der Waals surface area contributed by atoms with Crippen LogP contribution in [0.4, 0.5) is 10.1 Å². The molecule has 0 saturated heterocycles. The van der Waals surface area contributed by atoms with E-state index in [9.17, 15) is 9.18 Å². The van der Waals surface area contributed by atoms with Gasteiger partial charge in [-0.15, -0.1) is 0 Å². The van der Waals surface area contributed by atoms with E-state index in [0.29, 0.717) is 18.6 Å². The number of amides is 1. The lowest BCUT2D eigenvalue weighted by molar-refractivity contribution is -0.136. The summed E-state index contributed by atoms with van der Waals surface area (Å²) in [6.07, 6.45) is 6.11. The molecule has 0 atom stereocenters. The van der Waals surface area contributed by atoms with Crippen LogP contribution < -0.4 is 9.64 Å². The summed E-state index contributed by atoms with van der Waals surface area (Å²) >= 11 is 0. The Morgan fingerprint density at radius 2 is 1.81 bits per heavy atom. The molecule has 2 aromatic rings. The van der Waals surface area contributed by atoms with Crippen LogP contribution in [0.5, 0.6) is 5.75 Å². The molecule has 1 aliphatic rings. The van der Waals surface area contributed by atoms with E-state index >= 15 is 0 Å². The number of hydrogen-bond acceptors (Lipinski definition) is 2. The predicted molar refractivity (Wildman–Crippen MR) is 108 cm³/mol. The first-order valence-corrected chi connectivity index (χ1v) is 9.41. The van der Waals surface area contributed by atoms with Crippen LogP contribution >= 0.6 is 0 Å². The topological polar surface area (TPSA) is 29.5 Å². The first-order chi connectivity index (χ1) is 12.9. The fraction of sp³-hybridized carbons (Fsp3) is 0.348. The Hall–Kier alpha value is -2.62. The van der Waals surface area contributed by atoms with Gasteiger partial charge in [0.2, 0.25) is 0 Å². The third kappa shape index (κ3) is 4.05. The van der Waals surface area contributed by atoms with Crippen molar-refractivity contribution in [3.05, 3.63) is 66.0 Å². The van der Waals surface area contributed by atoms with Crippen LogP contribution in [0.25, 0.3) is 6.08 Å². The standard InChI is InChI=1S/C23H26FNO2/c1-4-18-8-11-20(16-17(18)2)25(3)22(26)23(14-6-5-7-15-23)27-21-12-9-19(24)10-13-21/h4,8-13,16H,1,5-7,14-15H2,2-3H3. The number of ether oxygens (including phenoxy) is 1. The van der Waals surface area contributed by atoms with E-state index < -0.39 is 5.60 Å². The number of benzene rings is 2. The Bertz CT molecular complexity index is 823. The summed E-state index contributed by atoms with van der Waals surface area (Å²) in [6.45, 7) is 5.82. The zero-order valence-electron chi connectivity index (χ0n) is 16.0. The SMILES string of the molecule is C=Cc1ccc(N(C)C(=O)C2(Oc3ccc(F)cc3)CCCCC2)cc1C. The number of rotatable bonds is 5. The van der Waals surface area contributed by atoms with E-state index in [-0.39, 0.29) is 11.7 Å². The second-order valence-corrected chi connectivity index (χ2v) is 7.22. The number of carbonyl (C=O) groups is 1. The van der Waals surface area contributed by atoms with Gasteiger partial charge in [-0.25, -0.2) is 4.39 Å². The molecule has 0 radical (unpaired) electrons. The van der Waals surface area contributed by atoms with Gasteiger partial charge in [-0.2, -0.15) is 0 Å². The zero-order chi connectivity index (χ0) is 19.4. The Balaban J connectivity index is 1.89. The Labute approximate surface area is 160 Å². The van der Waals surface area contributed by atoms with Crippen molar-refractivity contribution in [3.8, 4) is 5.75 Å². The quantitative estimate of drug-likeness (QED) is 0.696. The van der Waals surface area contributed by atoms with Crippen LogP contribution in [0.1, 0.15) is 43.2 Å². The third-order valence-electron chi connectivity index (χ3n) is 5.34. The van der Waals surface area contributed by atoms with Gasteiger partial charge in [0.05, 0.1) is 0 Å². The second-order valence-electron chi connectivity index (χ2n) is 7.22. The van der Waals surface area contributed by atoms with E-state index in [1.54, 1.807) is 30.2 Å². The fourth-order valence-corrected chi connectivity index (χ4v) is 3.73. The van der Waals surface area contributed by atoms with Gasteiger partial charge in [-0.3, -0.25) is 4.79 Å². The van der Waals surface area contributed by atoms with Gasteiger partial charge in [0.1, 0.15) is 11.6 Å². The van der Waals surface area contributed by atoms with E-state index in [0.717, 1.165) is 36.1 Å². The van der Waals surface area contributed by atoms with Gasteiger partial charge in [0.25, 0.3) is 5.91 Å². The van der Waals surface area contributed by atoms with Crippen molar-refractivity contribution in [2.45, 2.75) is 44.6 Å². The van der Waals surface area contributed by atoms with Crippen molar-refractivity contribution in [3.63, 3.8) is 0 Å². The van der Waals surface area contributed by atoms with Crippen LogP contribution in [0.15, 0.2) is 49.0 Å². The predicted octanol–water partition coefficient (Wildman–Crippen LogP) is 5.52. The minimum Gasteiger partial charge on any atom is -0.477 e. The normalized spacial score (nSPS) is 15.8. The third-order valence-corrected chi connectivity index (χ3v) is 5.34. The maximum Gasteiger partial charge on any atom is 0.270 e. The van der Waals surface area contributed by atoms with E-state index in [1.807, 2.05) is 25.1 Å². The van der Waals surface area contributed by atoms with Crippen LogP contribution in [-0.4, -0.2) is 18.6 Å². The van der Waals surface area contributed by atoms with Crippen molar-refractivity contribution in [2.24, 2.45) is 0 Å². The highest BCUT2D eigenvalue weighted by Crippen LogP contribution is 2.36. The van der Waals surface area contributed by atoms with Gasteiger partial charge >= 0.3 is 0 Å². The first kappa shape index (κ1) is 19.2. The highest BCUT2D eigenvalue weighted by Gasteiger charge is 2.44. The van der Waals surface area contributed by atoms with Crippen LogP contribution in [0.2, 0.25) is 0 Å². The van der Waals surface area contributed by atoms with E-state index in [2.05, 4.69) is 6.58 Å². The maximum atomic E-state index is 13.5. The molecule has 1 saturated carbocycles. The van der Waals surface area contributed by atoms with Gasteiger partial charge in [-0.05, 0) is 80.1 Å². The molecule has 3 rings (SSSR count). The second kappa shape index (κ2) is 7.95. The van der Waals surface area contributed by atoms with Gasteiger partial charge in [0, 0.05) is 12.7 Å². The molecule has 4 heteroatoms. The number of aryl methyl sites for hydroxylation is 1. The van der Waals surface area contributed by atoms with Gasteiger partial charge < -0.3 is 9.64 Å². The number of likely N-dealkylation sites (N-methyl/N-ethyl adjacent to an activating group) is 1. The molecule has 0 heterocycles. The average molecular weight is 367 g/mol. The molecule has 1 aliphatic carbocycles. The molecule has 0 bridgehead atoms. The van der Waals surface area contributed by atoms with Crippen LogP contribution in [0.3, 0.4) is 0 Å². The minimum atomic E-state index is -0.907. The van der Waals surface area contributed by atoms with Crippen molar-refractivity contribution in [2.75, 3.05) is 11.9 Å². The molecular formula is C23H26FNO2. The fourth-order valence-electron chi connectivity index (χ4n) is 3.73. The van der Waals surface area contributed by atoms with Crippen LogP contribution in [0, 0.1) is 12.7 Å². The monoisotopic (exact) mass is 367 g/mol. The molecule has 0 aliphatic heterocycles. The number of carbonyl (C=O) groups excluding carboxylic acids is 1. The smallest absolute Gasteiger partial charge is 0.270 e. The lowest BCUT2D eigenvalue weighted by atomic mass is 9.83. The number of anilines is 1. The summed E-state index contributed by atoms with van der Waals surface area (Å²) in [5.41, 5.74) is 2.04. The molecule has 0 spiro atoms. The molecule has 3 nitrogen and oxygen atoms in total. The largest absolute Gasteiger partial charge is 0.477 e. The number of halogens is 1. The Morgan fingerprint density at radius 3 is 2.41 bits per heavy atom. The lowest BCUT2D eigenvalue weighted by Crippen LogP contribution is -2.53. The summed E-state index contributed by atoms with van der Waals surface area (Å²) < 4.78 is 19.4. The van der Waals surface area contributed by atoms with Crippen molar-refractivity contribution < 1.29 is 13.9 Å². The highest BCUT2D eigenvalue weighted by molar-refractivity contribution is 5.99. The van der Waals surface area contributed by atoms with E-state index in [1.165, 1.54) is 12.1 Å². The molecule has 2 aromatic carbocycles. The van der Waals surface area contributed by atoms with Crippen LogP contribution in [-0.2, 0) is 4.79 Å². The summed E-state index contributed by atoms with van der Waals surface area (Å²) in [6, 6.07) is 11.8. The molecule has 0 N–H and O–H groups in total. The first-order valence-electron chi connectivity index (χ1n) is 9.41. The van der Waals surface area contributed by atoms with Crippen molar-refractivity contribution in [1.82, 2.24) is 0 Å². The summed E-state index contributed by atoms with van der Waals surface area (Å²) in [7, 11) is 1.79. The van der Waals surface area contributed by atoms with Crippen molar-refractivity contribution >= 4 is 17.7 Å². The Kier molecular flexibility index (Phi) is 5.64. The van der Waals surface area contributed by atoms with Gasteiger partial charge in [0.15, 0.2) is 5.60 Å². The molecule has 27 heavy (non-hydrogen) atoms. The molecule has 0 aromatic heterocycles. The molecule has 142 valence electrons. The number of nitrogens with zero attached hydrogens (tertiary/aromatic N) is 1. The van der Waals surface area contributed by atoms with Crippen molar-refractivity contribution in [1.29, 1.82) is 0 Å². The molecular weight excluding hydrogens is 341 g/mol. The number of hydrogen-bond donors (Lipinski definition) is 0. The average Bonchev–Trinajstić information content (AvgIpc) is 2.69. The van der Waals surface area contributed by atoms with E-state index in [4.69, 9.17) is 4.74 Å². The summed E-state index contributed by atoms with van der Waals surface area (Å²) in [5, 5.41) is 0. The lowest BCUT2D eigenvalue weighted by Gasteiger charge is -2.39. The molecule has 1 amide bonds. The highest BCUT2D eigenvalue weighted by atomic mass is 19.1. The van der Waals surface area contributed by atoms with Gasteiger partial charge in [-0.1, -0.05) is 25.1 Å². The summed E-state index contributed by atoms with van der Waals surface area (Å²) in [5.74, 6) is 0.150. The minimum absolute atomic E-state index is 0.0581. The Morgan fingerprint density at radius 1 is 1.15 bits per heavy atom. The summed E-state index contributed by atoms with van der Waals surface area (Å²) in [4.78, 5) is 15.1. The maximum absolute atomic E-state index is 13.5.